The fourth-order valence-electron chi connectivity index (χ4n) is 2.88. The van der Waals surface area contributed by atoms with Crippen molar-refractivity contribution in [2.45, 2.75) is 56.0 Å². The van der Waals surface area contributed by atoms with Crippen LogP contribution in [0.15, 0.2) is 17.2 Å². The Morgan fingerprint density at radius 1 is 1.48 bits per heavy atom. The Morgan fingerprint density at radius 3 is 2.67 bits per heavy atom. The Kier molecular flexibility index (Phi) is 3.57. The van der Waals surface area contributed by atoms with Crippen LogP contribution in [0, 0.1) is 5.92 Å². The maximum Gasteiger partial charge on any atom is 0.268 e. The van der Waals surface area contributed by atoms with Crippen molar-refractivity contribution >= 4 is 15.9 Å². The fraction of sp³-hybridized carbons (Fsp3) is 0.643. The zero-order chi connectivity index (χ0) is 15.2. The van der Waals surface area contributed by atoms with E-state index in [1.54, 1.807) is 4.57 Å². The highest BCUT2D eigenvalue weighted by atomic mass is 32.2. The summed E-state index contributed by atoms with van der Waals surface area (Å²) in [7, 11) is -3.78. The molecule has 21 heavy (non-hydrogen) atoms. The Balaban J connectivity index is 1.85. The maximum atomic E-state index is 12.4. The molecule has 0 spiro atoms. The van der Waals surface area contributed by atoms with Gasteiger partial charge >= 0.3 is 0 Å². The summed E-state index contributed by atoms with van der Waals surface area (Å²) in [6.07, 6.45) is 6.61. The van der Waals surface area contributed by atoms with Gasteiger partial charge in [0.05, 0.1) is 0 Å². The molecule has 2 aliphatic rings. The van der Waals surface area contributed by atoms with Gasteiger partial charge in [0, 0.05) is 18.3 Å². The van der Waals surface area contributed by atoms with Crippen LogP contribution in [0.25, 0.3) is 0 Å². The molecule has 6 nitrogen and oxygen atoms in total. The number of carbonyl (C=O) groups excluding carboxylic acids is 1. The van der Waals surface area contributed by atoms with E-state index in [0.717, 1.165) is 32.1 Å². The first kappa shape index (κ1) is 14.6. The van der Waals surface area contributed by atoms with Crippen molar-refractivity contribution in [3.05, 3.63) is 18.0 Å². The van der Waals surface area contributed by atoms with Crippen molar-refractivity contribution in [2.24, 2.45) is 11.1 Å². The lowest BCUT2D eigenvalue weighted by Crippen LogP contribution is -2.30. The first-order valence-corrected chi connectivity index (χ1v) is 9.00. The molecule has 2 unspecified atom stereocenters. The van der Waals surface area contributed by atoms with Crippen LogP contribution < -0.4 is 10.5 Å². The van der Waals surface area contributed by atoms with Gasteiger partial charge in [0.15, 0.2) is 0 Å². The summed E-state index contributed by atoms with van der Waals surface area (Å²) in [5, 5.41) is 8.17. The molecule has 2 atom stereocenters. The third-order valence-corrected chi connectivity index (χ3v) is 5.50. The van der Waals surface area contributed by atoms with E-state index >= 15 is 0 Å². The molecule has 1 amide bonds. The highest BCUT2D eigenvalue weighted by Gasteiger charge is 2.37. The van der Waals surface area contributed by atoms with Crippen LogP contribution in [0.4, 0.5) is 0 Å². The van der Waals surface area contributed by atoms with Crippen LogP contribution in [-0.2, 0) is 10.0 Å². The van der Waals surface area contributed by atoms with Crippen molar-refractivity contribution in [3.63, 3.8) is 0 Å². The van der Waals surface area contributed by atoms with E-state index in [0.29, 0.717) is 11.6 Å². The average Bonchev–Trinajstić information content (AvgIpc) is 2.92. The van der Waals surface area contributed by atoms with Crippen LogP contribution in [0.2, 0.25) is 0 Å². The van der Waals surface area contributed by atoms with Gasteiger partial charge in [-0.05, 0) is 37.7 Å². The molecule has 116 valence electrons. The lowest BCUT2D eigenvalue weighted by atomic mass is 9.93. The molecule has 1 aromatic rings. The van der Waals surface area contributed by atoms with Gasteiger partial charge < -0.3 is 9.88 Å². The number of primary sulfonamides is 1. The van der Waals surface area contributed by atoms with Gasteiger partial charge in [0.25, 0.3) is 5.91 Å². The molecule has 7 heteroatoms. The van der Waals surface area contributed by atoms with E-state index in [4.69, 9.17) is 5.14 Å². The maximum absolute atomic E-state index is 12.4. The number of hydrogen-bond donors (Lipinski definition) is 2. The Hall–Kier alpha value is -1.34. The van der Waals surface area contributed by atoms with Crippen molar-refractivity contribution in [3.8, 4) is 0 Å². The van der Waals surface area contributed by atoms with Gasteiger partial charge in [-0.15, -0.1) is 0 Å². The number of amides is 1. The third kappa shape index (κ3) is 2.85. The van der Waals surface area contributed by atoms with E-state index in [1.807, 2.05) is 0 Å². The SMILES string of the molecule is CCC1CC1NC(=O)c1cc(S(N)(=O)=O)cn1C1CCC1. The van der Waals surface area contributed by atoms with E-state index in [2.05, 4.69) is 12.2 Å². The second-order valence-corrected chi connectivity index (χ2v) is 7.64. The zero-order valence-electron chi connectivity index (χ0n) is 12.1. The molecule has 2 aliphatic carbocycles. The first-order chi connectivity index (χ1) is 9.90. The summed E-state index contributed by atoms with van der Waals surface area (Å²) >= 11 is 0. The minimum atomic E-state index is -3.78. The quantitative estimate of drug-likeness (QED) is 0.860. The van der Waals surface area contributed by atoms with Crippen LogP contribution in [-0.4, -0.2) is 24.9 Å². The summed E-state index contributed by atoms with van der Waals surface area (Å²) in [6.45, 7) is 2.10. The number of nitrogens with one attached hydrogen (secondary N) is 1. The lowest BCUT2D eigenvalue weighted by Gasteiger charge is -2.28. The van der Waals surface area contributed by atoms with Crippen molar-refractivity contribution < 1.29 is 13.2 Å². The van der Waals surface area contributed by atoms with Crippen LogP contribution >= 0.6 is 0 Å². The summed E-state index contributed by atoms with van der Waals surface area (Å²) in [5.74, 6) is 0.358. The molecule has 0 saturated heterocycles. The smallest absolute Gasteiger partial charge is 0.268 e. The van der Waals surface area contributed by atoms with Gasteiger partial charge in [-0.3, -0.25) is 4.79 Å². The van der Waals surface area contributed by atoms with Gasteiger partial charge in [0.2, 0.25) is 10.0 Å². The number of nitrogens with two attached hydrogens (primary N) is 1. The molecule has 2 fully saturated rings. The number of nitrogens with zero attached hydrogens (tertiary/aromatic N) is 1. The molecule has 0 bridgehead atoms. The molecule has 0 radical (unpaired) electrons. The highest BCUT2D eigenvalue weighted by Crippen LogP contribution is 2.36. The third-order valence-electron chi connectivity index (χ3n) is 4.62. The monoisotopic (exact) mass is 311 g/mol. The van der Waals surface area contributed by atoms with Crippen LogP contribution in [0.5, 0.6) is 0 Å². The molecule has 1 heterocycles. The lowest BCUT2D eigenvalue weighted by molar-refractivity contribution is 0.0934. The predicted octanol–water partition coefficient (Wildman–Crippen LogP) is 1.39. The number of sulfonamides is 1. The molecule has 3 rings (SSSR count). The van der Waals surface area contributed by atoms with E-state index in [1.165, 1.54) is 12.3 Å². The summed E-state index contributed by atoms with van der Waals surface area (Å²) < 4.78 is 24.8. The topological polar surface area (TPSA) is 94.2 Å². The Labute approximate surface area is 124 Å². The zero-order valence-corrected chi connectivity index (χ0v) is 12.9. The predicted molar refractivity (Wildman–Crippen MR) is 78.3 cm³/mol. The van der Waals surface area contributed by atoms with E-state index in [9.17, 15) is 13.2 Å². The van der Waals surface area contributed by atoms with Crippen molar-refractivity contribution in [2.75, 3.05) is 0 Å². The Bertz CT molecular complexity index is 661. The number of hydrogen-bond acceptors (Lipinski definition) is 3. The van der Waals surface area contributed by atoms with Crippen molar-refractivity contribution in [1.82, 2.24) is 9.88 Å². The van der Waals surface area contributed by atoms with Crippen LogP contribution in [0.3, 0.4) is 0 Å². The molecule has 0 aromatic carbocycles. The molecule has 1 aromatic heterocycles. The molecular weight excluding hydrogens is 290 g/mol. The normalized spacial score (nSPS) is 25.4. The Morgan fingerprint density at radius 2 is 2.19 bits per heavy atom. The average molecular weight is 311 g/mol. The number of carbonyl (C=O) groups is 1. The number of rotatable bonds is 5. The second-order valence-electron chi connectivity index (χ2n) is 6.08. The van der Waals surface area contributed by atoms with E-state index in [-0.39, 0.29) is 22.9 Å². The first-order valence-electron chi connectivity index (χ1n) is 7.45. The highest BCUT2D eigenvalue weighted by molar-refractivity contribution is 7.89. The molecule has 2 saturated carbocycles. The van der Waals surface area contributed by atoms with Gasteiger partial charge in [-0.1, -0.05) is 13.3 Å². The fourth-order valence-corrected chi connectivity index (χ4v) is 3.41. The molecule has 3 N–H and O–H groups in total. The summed E-state index contributed by atoms with van der Waals surface area (Å²) in [6, 6.07) is 1.83. The molecular formula is C14H21N3O3S. The minimum absolute atomic E-state index is 0.0161. The number of aromatic nitrogens is 1. The summed E-state index contributed by atoms with van der Waals surface area (Å²) in [5.41, 5.74) is 0.408. The van der Waals surface area contributed by atoms with E-state index < -0.39 is 10.0 Å². The van der Waals surface area contributed by atoms with Gasteiger partial charge in [-0.25, -0.2) is 13.6 Å². The van der Waals surface area contributed by atoms with Crippen LogP contribution in [0.1, 0.15) is 55.6 Å². The van der Waals surface area contributed by atoms with Crippen molar-refractivity contribution in [1.29, 1.82) is 0 Å². The largest absolute Gasteiger partial charge is 0.348 e. The summed E-state index contributed by atoms with van der Waals surface area (Å²) in [4.78, 5) is 12.4. The minimum Gasteiger partial charge on any atom is -0.348 e. The standard InChI is InChI=1S/C14H21N3O3S/c1-2-9-6-12(9)16-14(18)13-7-11(21(15,19)20)8-17(13)10-4-3-5-10/h7-10,12H,2-6H2,1H3,(H,16,18)(H2,15,19,20). The second kappa shape index (κ2) is 5.14. The molecule has 0 aliphatic heterocycles. The van der Waals surface area contributed by atoms with Gasteiger partial charge in [-0.2, -0.15) is 0 Å². The van der Waals surface area contributed by atoms with Gasteiger partial charge in [0.1, 0.15) is 10.6 Å².